The molecule has 2 aromatic rings. The van der Waals surface area contributed by atoms with Gasteiger partial charge in [-0.05, 0) is 42.4 Å². The summed E-state index contributed by atoms with van der Waals surface area (Å²) in [6, 6.07) is 2.00. The molecule has 0 fully saturated rings. The number of hydrogen-bond donors (Lipinski definition) is 1. The number of hydrogen-bond acceptors (Lipinski definition) is 3. The van der Waals surface area contributed by atoms with Crippen molar-refractivity contribution in [2.75, 3.05) is 6.54 Å². The first-order chi connectivity index (χ1) is 8.65. The molecule has 2 rings (SSSR count). The quantitative estimate of drug-likeness (QED) is 0.944. The predicted molar refractivity (Wildman–Crippen MR) is 75.9 cm³/mol. The number of halogens is 1. The monoisotopic (exact) mass is 308 g/mol. The second-order valence-corrected chi connectivity index (χ2v) is 4.97. The number of pyridine rings is 1. The molecule has 18 heavy (non-hydrogen) atoms. The van der Waals surface area contributed by atoms with Gasteiger partial charge < -0.3 is 5.32 Å². The van der Waals surface area contributed by atoms with E-state index in [2.05, 4.69) is 45.2 Å². The third-order valence-corrected chi connectivity index (χ3v) is 4.02. The molecule has 0 saturated heterocycles. The van der Waals surface area contributed by atoms with Gasteiger partial charge in [0, 0.05) is 24.5 Å². The Bertz CT molecular complexity index is 548. The lowest BCUT2D eigenvalue weighted by Gasteiger charge is -2.10. The van der Waals surface area contributed by atoms with Crippen LogP contribution in [0.4, 0.5) is 0 Å². The molecule has 0 aliphatic heterocycles. The van der Waals surface area contributed by atoms with E-state index in [0.29, 0.717) is 0 Å². The number of aromatic nitrogens is 3. The lowest BCUT2D eigenvalue weighted by molar-refractivity contribution is 0.710. The fraction of sp³-hybridized carbons (Fsp3) is 0.385. The molecule has 5 heteroatoms. The first-order valence-electron chi connectivity index (χ1n) is 6.00. The van der Waals surface area contributed by atoms with Crippen LogP contribution in [0, 0.1) is 13.8 Å². The van der Waals surface area contributed by atoms with Crippen LogP contribution in [0.3, 0.4) is 0 Å². The van der Waals surface area contributed by atoms with Crippen molar-refractivity contribution in [3.63, 3.8) is 0 Å². The van der Waals surface area contributed by atoms with Crippen molar-refractivity contribution in [3.8, 4) is 5.69 Å². The Morgan fingerprint density at radius 2 is 2.17 bits per heavy atom. The summed E-state index contributed by atoms with van der Waals surface area (Å²) in [4.78, 5) is 4.19. The molecule has 2 aromatic heterocycles. The van der Waals surface area contributed by atoms with Gasteiger partial charge in [0.15, 0.2) is 0 Å². The Kier molecular flexibility index (Phi) is 4.14. The normalized spacial score (nSPS) is 10.9. The lowest BCUT2D eigenvalue weighted by Crippen LogP contribution is -2.15. The molecular formula is C13H17BrN4. The topological polar surface area (TPSA) is 42.7 Å². The molecule has 2 heterocycles. The van der Waals surface area contributed by atoms with Gasteiger partial charge in [-0.1, -0.05) is 6.92 Å². The standard InChI is InChI=1S/C13H17BrN4/c1-4-15-7-11-8-16-6-5-12(11)18-10(3)13(14)9(2)17-18/h5-6,8,15H,4,7H2,1-3H3. The van der Waals surface area contributed by atoms with E-state index >= 15 is 0 Å². The van der Waals surface area contributed by atoms with Gasteiger partial charge in [0.2, 0.25) is 0 Å². The zero-order valence-corrected chi connectivity index (χ0v) is 12.5. The Morgan fingerprint density at radius 3 is 2.78 bits per heavy atom. The van der Waals surface area contributed by atoms with Gasteiger partial charge in [0.05, 0.1) is 21.5 Å². The van der Waals surface area contributed by atoms with Crippen LogP contribution in [0.25, 0.3) is 5.69 Å². The molecule has 0 aromatic carbocycles. The summed E-state index contributed by atoms with van der Waals surface area (Å²) in [5.41, 5.74) is 4.34. The van der Waals surface area contributed by atoms with Crippen LogP contribution in [0.1, 0.15) is 23.9 Å². The molecule has 0 atom stereocenters. The summed E-state index contributed by atoms with van der Waals surface area (Å²) in [7, 11) is 0. The summed E-state index contributed by atoms with van der Waals surface area (Å²) >= 11 is 3.56. The highest BCUT2D eigenvalue weighted by atomic mass is 79.9. The smallest absolute Gasteiger partial charge is 0.0743 e. The predicted octanol–water partition coefficient (Wildman–Crippen LogP) is 2.76. The fourth-order valence-electron chi connectivity index (χ4n) is 1.88. The van der Waals surface area contributed by atoms with Gasteiger partial charge >= 0.3 is 0 Å². The molecule has 0 radical (unpaired) electrons. The van der Waals surface area contributed by atoms with Crippen molar-refractivity contribution in [3.05, 3.63) is 39.9 Å². The van der Waals surface area contributed by atoms with Gasteiger partial charge in [0.25, 0.3) is 0 Å². The maximum absolute atomic E-state index is 4.56. The largest absolute Gasteiger partial charge is 0.313 e. The Balaban J connectivity index is 2.46. The molecule has 1 N–H and O–H groups in total. The number of rotatable bonds is 4. The summed E-state index contributed by atoms with van der Waals surface area (Å²) < 4.78 is 3.03. The van der Waals surface area contributed by atoms with E-state index in [4.69, 9.17) is 0 Å². The van der Waals surface area contributed by atoms with Crippen molar-refractivity contribution < 1.29 is 0 Å². The summed E-state index contributed by atoms with van der Waals surface area (Å²) in [6.45, 7) is 7.89. The van der Waals surface area contributed by atoms with Crippen LogP contribution in [0.5, 0.6) is 0 Å². The first kappa shape index (κ1) is 13.2. The minimum Gasteiger partial charge on any atom is -0.313 e. The van der Waals surface area contributed by atoms with Gasteiger partial charge in [0.1, 0.15) is 0 Å². The highest BCUT2D eigenvalue weighted by Gasteiger charge is 2.12. The minimum absolute atomic E-state index is 0.801. The molecule has 0 bridgehead atoms. The van der Waals surface area contributed by atoms with E-state index in [9.17, 15) is 0 Å². The SMILES string of the molecule is CCNCc1cnccc1-n1nc(C)c(Br)c1C. The van der Waals surface area contributed by atoms with Crippen LogP contribution in [0.2, 0.25) is 0 Å². The second-order valence-electron chi connectivity index (χ2n) is 4.18. The first-order valence-corrected chi connectivity index (χ1v) is 6.80. The molecule has 4 nitrogen and oxygen atoms in total. The van der Waals surface area contributed by atoms with Crippen LogP contribution in [-0.2, 0) is 6.54 Å². The molecule has 0 amide bonds. The Morgan fingerprint density at radius 1 is 1.39 bits per heavy atom. The highest BCUT2D eigenvalue weighted by Crippen LogP contribution is 2.24. The molecule has 0 unspecified atom stereocenters. The number of nitrogens with zero attached hydrogens (tertiary/aromatic N) is 3. The maximum Gasteiger partial charge on any atom is 0.0743 e. The summed E-state index contributed by atoms with van der Waals surface area (Å²) in [6.07, 6.45) is 3.69. The number of aryl methyl sites for hydroxylation is 1. The molecule has 96 valence electrons. The lowest BCUT2D eigenvalue weighted by atomic mass is 10.2. The van der Waals surface area contributed by atoms with E-state index in [1.165, 1.54) is 0 Å². The second kappa shape index (κ2) is 5.63. The zero-order chi connectivity index (χ0) is 13.1. The van der Waals surface area contributed by atoms with E-state index in [1.54, 1.807) is 6.20 Å². The van der Waals surface area contributed by atoms with Gasteiger partial charge in [-0.3, -0.25) is 4.98 Å². The molecular weight excluding hydrogens is 292 g/mol. The third-order valence-electron chi connectivity index (χ3n) is 2.87. The van der Waals surface area contributed by atoms with Crippen LogP contribution in [0.15, 0.2) is 22.9 Å². The van der Waals surface area contributed by atoms with Crippen molar-refractivity contribution in [2.24, 2.45) is 0 Å². The molecule has 0 spiro atoms. The fourth-order valence-corrected chi connectivity index (χ4v) is 2.13. The molecule has 0 saturated carbocycles. The number of nitrogens with one attached hydrogen (secondary N) is 1. The summed E-state index contributed by atoms with van der Waals surface area (Å²) in [5, 5.41) is 7.89. The van der Waals surface area contributed by atoms with Gasteiger partial charge in [-0.2, -0.15) is 5.10 Å². The van der Waals surface area contributed by atoms with Gasteiger partial charge in [-0.15, -0.1) is 0 Å². The average molecular weight is 309 g/mol. The van der Waals surface area contributed by atoms with E-state index < -0.39 is 0 Å². The van der Waals surface area contributed by atoms with E-state index in [-0.39, 0.29) is 0 Å². The molecule has 0 aliphatic rings. The van der Waals surface area contributed by atoms with Crippen molar-refractivity contribution >= 4 is 15.9 Å². The average Bonchev–Trinajstić information content (AvgIpc) is 2.64. The van der Waals surface area contributed by atoms with Crippen LogP contribution >= 0.6 is 15.9 Å². The van der Waals surface area contributed by atoms with Crippen molar-refractivity contribution in [1.29, 1.82) is 0 Å². The van der Waals surface area contributed by atoms with Crippen LogP contribution < -0.4 is 5.32 Å². The molecule has 0 aliphatic carbocycles. The Hall–Kier alpha value is -1.20. The zero-order valence-electron chi connectivity index (χ0n) is 10.9. The van der Waals surface area contributed by atoms with Crippen molar-refractivity contribution in [2.45, 2.75) is 27.3 Å². The van der Waals surface area contributed by atoms with Crippen LogP contribution in [-0.4, -0.2) is 21.3 Å². The highest BCUT2D eigenvalue weighted by molar-refractivity contribution is 9.10. The third kappa shape index (κ3) is 2.47. The minimum atomic E-state index is 0.801. The Labute approximate surface area is 116 Å². The maximum atomic E-state index is 4.56. The summed E-state index contributed by atoms with van der Waals surface area (Å²) in [5.74, 6) is 0. The van der Waals surface area contributed by atoms with Gasteiger partial charge in [-0.25, -0.2) is 4.68 Å². The van der Waals surface area contributed by atoms with Crippen molar-refractivity contribution in [1.82, 2.24) is 20.1 Å². The van der Waals surface area contributed by atoms with E-state index in [0.717, 1.165) is 40.2 Å². The van der Waals surface area contributed by atoms with E-state index in [1.807, 2.05) is 23.9 Å².